The van der Waals surface area contributed by atoms with Crippen molar-refractivity contribution in [2.75, 3.05) is 19.6 Å². The highest BCUT2D eigenvalue weighted by molar-refractivity contribution is 6.42. The van der Waals surface area contributed by atoms with Gasteiger partial charge in [0.2, 0.25) is 0 Å². The zero-order valence-electron chi connectivity index (χ0n) is 18.2. The molecule has 1 fully saturated rings. The highest BCUT2D eigenvalue weighted by Crippen LogP contribution is 2.28. The maximum Gasteiger partial charge on any atom is 0.251 e. The van der Waals surface area contributed by atoms with Crippen LogP contribution in [0, 0.1) is 12.8 Å². The highest BCUT2D eigenvalue weighted by Gasteiger charge is 2.25. The van der Waals surface area contributed by atoms with Gasteiger partial charge in [0.25, 0.3) is 5.91 Å². The molecular formula is C24H31Cl3N2O2. The molecule has 2 aromatic carbocycles. The molecule has 0 aliphatic carbocycles. The predicted molar refractivity (Wildman–Crippen MR) is 131 cm³/mol. The number of hydrogen-bond donors (Lipinski definition) is 1. The van der Waals surface area contributed by atoms with Gasteiger partial charge >= 0.3 is 0 Å². The fourth-order valence-electron chi connectivity index (χ4n) is 3.61. The Labute approximate surface area is 201 Å². The van der Waals surface area contributed by atoms with Gasteiger partial charge in [0.15, 0.2) is 0 Å². The number of piperidine rings is 1. The fourth-order valence-corrected chi connectivity index (χ4v) is 3.90. The molecule has 0 aromatic heterocycles. The van der Waals surface area contributed by atoms with Crippen molar-refractivity contribution < 1.29 is 9.53 Å². The molecule has 1 unspecified atom stereocenters. The molecule has 0 spiro atoms. The normalized spacial score (nSPS) is 15.9. The third-order valence-electron chi connectivity index (χ3n) is 5.62. The number of carbonyl (C=O) groups is 1. The minimum atomic E-state index is -0.00784. The quantitative estimate of drug-likeness (QED) is 0.521. The Morgan fingerprint density at radius 1 is 1.10 bits per heavy atom. The second-order valence-electron chi connectivity index (χ2n) is 8.38. The van der Waals surface area contributed by atoms with Gasteiger partial charge < -0.3 is 15.0 Å². The van der Waals surface area contributed by atoms with E-state index in [4.69, 9.17) is 27.9 Å². The summed E-state index contributed by atoms with van der Waals surface area (Å²) in [7, 11) is 0. The Bertz CT molecular complexity index is 850. The zero-order valence-corrected chi connectivity index (χ0v) is 20.6. The van der Waals surface area contributed by atoms with Crippen LogP contribution in [0.15, 0.2) is 42.5 Å². The Balaban J connectivity index is 0.00000341. The molecule has 0 radical (unpaired) electrons. The van der Waals surface area contributed by atoms with Crippen molar-refractivity contribution in [3.63, 3.8) is 0 Å². The van der Waals surface area contributed by atoms with Crippen LogP contribution < -0.4 is 10.1 Å². The molecule has 1 heterocycles. The fraction of sp³-hybridized carbons (Fsp3) is 0.458. The van der Waals surface area contributed by atoms with Crippen LogP contribution in [0.5, 0.6) is 5.75 Å². The van der Waals surface area contributed by atoms with E-state index in [9.17, 15) is 4.79 Å². The maximum atomic E-state index is 12.6. The first-order chi connectivity index (χ1) is 14.3. The topological polar surface area (TPSA) is 41.6 Å². The molecule has 7 heteroatoms. The number of amides is 1. The minimum absolute atomic E-state index is 0. The second-order valence-corrected chi connectivity index (χ2v) is 9.20. The Hall–Kier alpha value is -1.46. The van der Waals surface area contributed by atoms with Crippen molar-refractivity contribution >= 4 is 41.5 Å². The number of likely N-dealkylation sites (tertiary alicyclic amines) is 1. The number of carbonyl (C=O) groups excluding carboxylic acids is 1. The van der Waals surface area contributed by atoms with Crippen LogP contribution in [0.25, 0.3) is 0 Å². The third-order valence-corrected chi connectivity index (χ3v) is 6.36. The van der Waals surface area contributed by atoms with E-state index >= 15 is 0 Å². The van der Waals surface area contributed by atoms with Crippen LogP contribution >= 0.6 is 35.6 Å². The van der Waals surface area contributed by atoms with E-state index in [-0.39, 0.29) is 30.5 Å². The van der Waals surface area contributed by atoms with Crippen LogP contribution in [-0.4, -0.2) is 42.6 Å². The van der Waals surface area contributed by atoms with Crippen LogP contribution in [-0.2, 0) is 0 Å². The van der Waals surface area contributed by atoms with E-state index < -0.39 is 0 Å². The van der Waals surface area contributed by atoms with E-state index in [0.29, 0.717) is 21.5 Å². The Morgan fingerprint density at radius 2 is 1.74 bits per heavy atom. The summed E-state index contributed by atoms with van der Waals surface area (Å²) >= 11 is 12.1. The van der Waals surface area contributed by atoms with Gasteiger partial charge in [-0.25, -0.2) is 0 Å². The summed E-state index contributed by atoms with van der Waals surface area (Å²) in [5.74, 6) is 1.10. The first kappa shape index (κ1) is 25.8. The second kappa shape index (κ2) is 12.0. The first-order valence-corrected chi connectivity index (χ1v) is 11.3. The SMILES string of the molecule is Cc1ccc(C(=O)NC(CN2CCC(Oc3ccc(Cl)c(Cl)c3)CC2)C(C)C)cc1.Cl. The maximum absolute atomic E-state index is 12.6. The highest BCUT2D eigenvalue weighted by atomic mass is 35.5. The van der Waals surface area contributed by atoms with E-state index in [2.05, 4.69) is 24.1 Å². The van der Waals surface area contributed by atoms with Gasteiger partial charge in [-0.2, -0.15) is 0 Å². The zero-order chi connectivity index (χ0) is 21.7. The van der Waals surface area contributed by atoms with Crippen molar-refractivity contribution in [3.05, 3.63) is 63.6 Å². The summed E-state index contributed by atoms with van der Waals surface area (Å²) < 4.78 is 6.08. The van der Waals surface area contributed by atoms with Gasteiger partial charge in [-0.05, 0) is 49.9 Å². The number of halogens is 3. The van der Waals surface area contributed by atoms with Crippen molar-refractivity contribution in [1.29, 1.82) is 0 Å². The Kier molecular flexibility index (Phi) is 9.95. The van der Waals surface area contributed by atoms with Crippen LogP contribution in [0.3, 0.4) is 0 Å². The average Bonchev–Trinajstić information content (AvgIpc) is 2.72. The lowest BCUT2D eigenvalue weighted by Gasteiger charge is -2.35. The van der Waals surface area contributed by atoms with Crippen LogP contribution in [0.4, 0.5) is 0 Å². The first-order valence-electron chi connectivity index (χ1n) is 10.5. The molecule has 3 rings (SSSR count). The van der Waals surface area contributed by atoms with E-state index in [1.54, 1.807) is 12.1 Å². The number of benzene rings is 2. The summed E-state index contributed by atoms with van der Waals surface area (Å²) in [6, 6.07) is 13.2. The van der Waals surface area contributed by atoms with Crippen molar-refractivity contribution in [1.82, 2.24) is 10.2 Å². The number of ether oxygens (including phenoxy) is 1. The molecule has 0 saturated carbocycles. The smallest absolute Gasteiger partial charge is 0.251 e. The predicted octanol–water partition coefficient (Wildman–Crippen LogP) is 6.02. The van der Waals surface area contributed by atoms with Crippen LogP contribution in [0.1, 0.15) is 42.6 Å². The van der Waals surface area contributed by atoms with E-state index in [1.807, 2.05) is 37.3 Å². The number of aryl methyl sites for hydroxylation is 1. The molecule has 170 valence electrons. The molecule has 1 saturated heterocycles. The Morgan fingerprint density at radius 3 is 2.32 bits per heavy atom. The van der Waals surface area contributed by atoms with Gasteiger partial charge in [0, 0.05) is 37.3 Å². The largest absolute Gasteiger partial charge is 0.490 e. The lowest BCUT2D eigenvalue weighted by Crippen LogP contribution is -2.49. The monoisotopic (exact) mass is 484 g/mol. The number of rotatable bonds is 7. The third kappa shape index (κ3) is 7.57. The van der Waals surface area contributed by atoms with Gasteiger partial charge in [-0.3, -0.25) is 4.79 Å². The molecule has 4 nitrogen and oxygen atoms in total. The molecule has 2 aromatic rings. The van der Waals surface area contributed by atoms with Crippen LogP contribution in [0.2, 0.25) is 10.0 Å². The van der Waals surface area contributed by atoms with E-state index in [0.717, 1.165) is 43.8 Å². The number of nitrogens with one attached hydrogen (secondary N) is 1. The molecule has 1 aliphatic heterocycles. The molecular weight excluding hydrogens is 455 g/mol. The number of hydrogen-bond acceptors (Lipinski definition) is 3. The van der Waals surface area contributed by atoms with Gasteiger partial charge in [0.05, 0.1) is 10.0 Å². The minimum Gasteiger partial charge on any atom is -0.490 e. The lowest BCUT2D eigenvalue weighted by molar-refractivity contribution is 0.0808. The standard InChI is InChI=1S/C24H30Cl2N2O2.ClH/c1-16(2)23(27-24(29)18-6-4-17(3)5-7-18)15-28-12-10-19(11-13-28)30-20-8-9-21(25)22(26)14-20;/h4-9,14,16,19,23H,10-13,15H2,1-3H3,(H,27,29);1H. The van der Waals surface area contributed by atoms with E-state index in [1.165, 1.54) is 0 Å². The molecule has 0 bridgehead atoms. The van der Waals surface area contributed by atoms with Crippen molar-refractivity contribution in [2.24, 2.45) is 5.92 Å². The summed E-state index contributed by atoms with van der Waals surface area (Å²) in [6.45, 7) is 9.05. The lowest BCUT2D eigenvalue weighted by atomic mass is 10.0. The van der Waals surface area contributed by atoms with Crippen molar-refractivity contribution in [3.8, 4) is 5.75 Å². The summed E-state index contributed by atoms with van der Waals surface area (Å²) in [5, 5.41) is 4.27. The van der Waals surface area contributed by atoms with Crippen molar-refractivity contribution in [2.45, 2.75) is 45.8 Å². The summed E-state index contributed by atoms with van der Waals surface area (Å²) in [5.41, 5.74) is 1.86. The molecule has 1 amide bonds. The van der Waals surface area contributed by atoms with Gasteiger partial charge in [-0.1, -0.05) is 54.7 Å². The average molecular weight is 486 g/mol. The summed E-state index contributed by atoms with van der Waals surface area (Å²) in [6.07, 6.45) is 2.05. The van der Waals surface area contributed by atoms with Gasteiger partial charge in [0.1, 0.15) is 11.9 Å². The molecule has 1 atom stereocenters. The van der Waals surface area contributed by atoms with Gasteiger partial charge in [-0.15, -0.1) is 12.4 Å². The molecule has 1 N–H and O–H groups in total. The molecule has 1 aliphatic rings. The molecule has 31 heavy (non-hydrogen) atoms. The summed E-state index contributed by atoms with van der Waals surface area (Å²) in [4.78, 5) is 15.1. The number of nitrogens with zero attached hydrogens (tertiary/aromatic N) is 1.